The molecule has 0 saturated carbocycles. The van der Waals surface area contributed by atoms with Gasteiger partial charge in [-0.2, -0.15) is 0 Å². The summed E-state index contributed by atoms with van der Waals surface area (Å²) in [6.07, 6.45) is 5.22. The minimum absolute atomic E-state index is 0.0969. The monoisotopic (exact) mass is 184 g/mol. The van der Waals surface area contributed by atoms with Gasteiger partial charge in [-0.3, -0.25) is 4.79 Å². The Bertz CT molecular complexity index is 208. The van der Waals surface area contributed by atoms with Crippen molar-refractivity contribution in [3.8, 4) is 0 Å². The highest BCUT2D eigenvalue weighted by atomic mass is 16.5. The maximum absolute atomic E-state index is 10.5. The Morgan fingerprint density at radius 1 is 1.77 bits per heavy atom. The molecule has 1 atom stereocenters. The molecule has 0 aromatic heterocycles. The molecule has 13 heavy (non-hydrogen) atoms. The molecule has 1 aliphatic carbocycles. The highest BCUT2D eigenvalue weighted by Crippen LogP contribution is 2.24. The number of rotatable bonds is 5. The summed E-state index contributed by atoms with van der Waals surface area (Å²) in [4.78, 5) is 10.5. The van der Waals surface area contributed by atoms with Gasteiger partial charge in [-0.1, -0.05) is 6.08 Å². The molecule has 0 radical (unpaired) electrons. The lowest BCUT2D eigenvalue weighted by Crippen LogP contribution is -2.19. The molecule has 0 heterocycles. The number of carbonyl (C=O) groups is 1. The number of allylic oxidation sites excluding steroid dienone is 1. The van der Waals surface area contributed by atoms with Gasteiger partial charge in [-0.15, -0.1) is 0 Å². The van der Waals surface area contributed by atoms with E-state index in [4.69, 9.17) is 9.84 Å². The van der Waals surface area contributed by atoms with Gasteiger partial charge in [-0.05, 0) is 31.8 Å². The topological polar surface area (TPSA) is 46.5 Å². The van der Waals surface area contributed by atoms with Gasteiger partial charge in [0.05, 0.1) is 12.5 Å². The van der Waals surface area contributed by atoms with Crippen molar-refractivity contribution >= 4 is 5.97 Å². The fourth-order valence-electron chi connectivity index (χ4n) is 1.64. The second-order valence-corrected chi connectivity index (χ2v) is 3.21. The fourth-order valence-corrected chi connectivity index (χ4v) is 1.64. The first kappa shape index (κ1) is 10.3. The van der Waals surface area contributed by atoms with E-state index in [0.29, 0.717) is 6.61 Å². The van der Waals surface area contributed by atoms with Gasteiger partial charge < -0.3 is 9.84 Å². The maximum atomic E-state index is 10.5. The number of carboxylic acid groups (broad SMARTS) is 1. The molecule has 1 rings (SSSR count). The zero-order chi connectivity index (χ0) is 9.68. The zero-order valence-corrected chi connectivity index (χ0v) is 7.95. The van der Waals surface area contributed by atoms with Crippen LogP contribution in [0, 0.1) is 0 Å². The first-order valence-corrected chi connectivity index (χ1v) is 4.76. The second-order valence-electron chi connectivity index (χ2n) is 3.21. The first-order chi connectivity index (χ1) is 6.24. The molecule has 0 aromatic rings. The Morgan fingerprint density at radius 3 is 3.00 bits per heavy atom. The average Bonchev–Trinajstić information content (AvgIpc) is 2.54. The van der Waals surface area contributed by atoms with E-state index in [1.807, 2.05) is 6.92 Å². The summed E-state index contributed by atoms with van der Waals surface area (Å²) < 4.78 is 5.39. The van der Waals surface area contributed by atoms with Crippen molar-refractivity contribution in [1.82, 2.24) is 0 Å². The zero-order valence-electron chi connectivity index (χ0n) is 7.95. The van der Waals surface area contributed by atoms with E-state index >= 15 is 0 Å². The fraction of sp³-hybridized carbons (Fsp3) is 0.700. The number of carboxylic acids is 1. The molecule has 0 saturated heterocycles. The lowest BCUT2D eigenvalue weighted by Gasteiger charge is -2.15. The van der Waals surface area contributed by atoms with Crippen LogP contribution in [-0.2, 0) is 9.53 Å². The molecule has 0 fully saturated rings. The molecule has 1 aliphatic rings. The van der Waals surface area contributed by atoms with E-state index in [2.05, 4.69) is 6.08 Å². The minimum Gasteiger partial charge on any atom is -0.481 e. The second kappa shape index (κ2) is 5.02. The SMILES string of the molecule is CCO[C@H](CC(=O)O)C1=CCCC1. The Kier molecular flexibility index (Phi) is 3.96. The van der Waals surface area contributed by atoms with E-state index in [0.717, 1.165) is 19.3 Å². The van der Waals surface area contributed by atoms with Crippen molar-refractivity contribution in [2.24, 2.45) is 0 Å². The summed E-state index contributed by atoms with van der Waals surface area (Å²) in [5, 5.41) is 8.66. The molecular weight excluding hydrogens is 168 g/mol. The molecule has 0 amide bonds. The number of hydrogen-bond donors (Lipinski definition) is 1. The van der Waals surface area contributed by atoms with Crippen LogP contribution in [0.4, 0.5) is 0 Å². The van der Waals surface area contributed by atoms with Crippen molar-refractivity contribution in [1.29, 1.82) is 0 Å². The Labute approximate surface area is 78.4 Å². The molecule has 0 unspecified atom stereocenters. The molecule has 3 heteroatoms. The number of hydrogen-bond acceptors (Lipinski definition) is 2. The van der Waals surface area contributed by atoms with Crippen LogP contribution in [0.3, 0.4) is 0 Å². The molecule has 0 bridgehead atoms. The lowest BCUT2D eigenvalue weighted by atomic mass is 10.1. The van der Waals surface area contributed by atoms with Gasteiger partial charge in [0, 0.05) is 6.61 Å². The van der Waals surface area contributed by atoms with Crippen LogP contribution < -0.4 is 0 Å². The third-order valence-electron chi connectivity index (χ3n) is 2.22. The van der Waals surface area contributed by atoms with Crippen LogP contribution >= 0.6 is 0 Å². The molecule has 0 aromatic carbocycles. The largest absolute Gasteiger partial charge is 0.481 e. The van der Waals surface area contributed by atoms with Crippen LogP contribution in [0.2, 0.25) is 0 Å². The molecule has 1 N–H and O–H groups in total. The van der Waals surface area contributed by atoms with Crippen molar-refractivity contribution in [3.63, 3.8) is 0 Å². The van der Waals surface area contributed by atoms with Crippen molar-refractivity contribution < 1.29 is 14.6 Å². The summed E-state index contributed by atoms with van der Waals surface area (Å²) in [6.45, 7) is 2.47. The van der Waals surface area contributed by atoms with E-state index in [1.54, 1.807) is 0 Å². The molecular formula is C10H16O3. The molecule has 74 valence electrons. The Balaban J connectivity index is 2.50. The van der Waals surface area contributed by atoms with Crippen LogP contribution in [0.1, 0.15) is 32.6 Å². The quantitative estimate of drug-likeness (QED) is 0.664. The molecule has 0 aliphatic heterocycles. The van der Waals surface area contributed by atoms with Crippen LogP contribution in [-0.4, -0.2) is 23.8 Å². The van der Waals surface area contributed by atoms with E-state index < -0.39 is 5.97 Å². The van der Waals surface area contributed by atoms with Crippen LogP contribution in [0.25, 0.3) is 0 Å². The van der Waals surface area contributed by atoms with Crippen LogP contribution in [0.15, 0.2) is 11.6 Å². The van der Waals surface area contributed by atoms with E-state index in [1.165, 1.54) is 5.57 Å². The Morgan fingerprint density at radius 2 is 2.54 bits per heavy atom. The van der Waals surface area contributed by atoms with Gasteiger partial charge in [0.2, 0.25) is 0 Å². The number of ether oxygens (including phenoxy) is 1. The van der Waals surface area contributed by atoms with E-state index in [9.17, 15) is 4.79 Å². The third-order valence-corrected chi connectivity index (χ3v) is 2.22. The van der Waals surface area contributed by atoms with Gasteiger partial charge in [0.25, 0.3) is 0 Å². The normalized spacial score (nSPS) is 18.4. The lowest BCUT2D eigenvalue weighted by molar-refractivity contribution is -0.139. The van der Waals surface area contributed by atoms with Gasteiger partial charge in [0.1, 0.15) is 0 Å². The highest BCUT2D eigenvalue weighted by molar-refractivity contribution is 5.68. The average molecular weight is 184 g/mol. The molecule has 0 spiro atoms. The summed E-state index contributed by atoms with van der Waals surface area (Å²) >= 11 is 0. The third kappa shape index (κ3) is 3.19. The minimum atomic E-state index is -0.786. The van der Waals surface area contributed by atoms with Crippen molar-refractivity contribution in [3.05, 3.63) is 11.6 Å². The summed E-state index contributed by atoms with van der Waals surface area (Å²) in [5.74, 6) is -0.786. The van der Waals surface area contributed by atoms with Gasteiger partial charge in [-0.25, -0.2) is 0 Å². The maximum Gasteiger partial charge on any atom is 0.306 e. The van der Waals surface area contributed by atoms with Gasteiger partial charge >= 0.3 is 5.97 Å². The van der Waals surface area contributed by atoms with Crippen LogP contribution in [0.5, 0.6) is 0 Å². The summed E-state index contributed by atoms with van der Waals surface area (Å²) in [7, 11) is 0. The molecule has 3 nitrogen and oxygen atoms in total. The summed E-state index contributed by atoms with van der Waals surface area (Å²) in [5.41, 5.74) is 1.17. The standard InChI is InChI=1S/C10H16O3/c1-2-13-9(7-10(11)12)8-5-3-4-6-8/h5,9H,2-4,6-7H2,1H3,(H,11,12)/t9-/m1/s1. The predicted octanol–water partition coefficient (Wildman–Crippen LogP) is 1.98. The predicted molar refractivity (Wildman–Crippen MR) is 49.6 cm³/mol. The van der Waals surface area contributed by atoms with Crippen molar-refractivity contribution in [2.75, 3.05) is 6.61 Å². The highest BCUT2D eigenvalue weighted by Gasteiger charge is 2.19. The van der Waals surface area contributed by atoms with E-state index in [-0.39, 0.29) is 12.5 Å². The van der Waals surface area contributed by atoms with Crippen molar-refractivity contribution in [2.45, 2.75) is 38.7 Å². The number of aliphatic carboxylic acids is 1. The first-order valence-electron chi connectivity index (χ1n) is 4.76. The Hall–Kier alpha value is -0.830. The smallest absolute Gasteiger partial charge is 0.306 e. The van der Waals surface area contributed by atoms with Gasteiger partial charge in [0.15, 0.2) is 0 Å². The summed E-state index contributed by atoms with van der Waals surface area (Å²) in [6, 6.07) is 0.